The number of pyridine rings is 1. The third kappa shape index (κ3) is 2.08. The van der Waals surface area contributed by atoms with Crippen LogP contribution in [-0.2, 0) is 0 Å². The summed E-state index contributed by atoms with van der Waals surface area (Å²) in [6, 6.07) is 7.66. The summed E-state index contributed by atoms with van der Waals surface area (Å²) in [5, 5.41) is 2.96. The van der Waals surface area contributed by atoms with Crippen LogP contribution in [-0.4, -0.2) is 15.8 Å². The molecule has 1 N–H and O–H groups in total. The van der Waals surface area contributed by atoms with Gasteiger partial charge in [0, 0.05) is 17.9 Å². The van der Waals surface area contributed by atoms with Crippen LogP contribution in [0.1, 0.15) is 31.1 Å². The third-order valence-corrected chi connectivity index (χ3v) is 2.30. The van der Waals surface area contributed by atoms with Crippen LogP contribution in [0.15, 0.2) is 36.7 Å². The minimum absolute atomic E-state index is 0.0267. The van der Waals surface area contributed by atoms with Crippen molar-refractivity contribution in [1.29, 1.82) is 0 Å². The molecule has 0 spiro atoms. The number of carbonyl (C=O) groups excluding carboxylic acids is 1. The van der Waals surface area contributed by atoms with Crippen molar-refractivity contribution >= 4 is 11.4 Å². The summed E-state index contributed by atoms with van der Waals surface area (Å²) in [4.78, 5) is 12.0. The molecule has 84 valence electrons. The molecule has 0 bridgehead atoms. The van der Waals surface area contributed by atoms with Gasteiger partial charge in [-0.25, -0.2) is 0 Å². The molecular formula is C13H16N2O. The molecule has 0 atom stereocenters. The highest BCUT2D eigenvalue weighted by Crippen LogP contribution is 2.13. The van der Waals surface area contributed by atoms with Crippen molar-refractivity contribution in [2.45, 2.75) is 26.3 Å². The number of nitrogens with zero attached hydrogens (tertiary/aromatic N) is 1. The summed E-state index contributed by atoms with van der Waals surface area (Å²) in [6.07, 6.45) is 3.83. The number of hydrogen-bond donors (Lipinski definition) is 1. The smallest absolute Gasteiger partial charge is 0.253 e. The molecule has 0 fully saturated rings. The maximum atomic E-state index is 12.0. The molecule has 0 aromatic carbocycles. The second kappa shape index (κ2) is 3.67. The Balaban J connectivity index is 2.37. The first kappa shape index (κ1) is 10.7. The van der Waals surface area contributed by atoms with E-state index in [1.54, 1.807) is 0 Å². The summed E-state index contributed by atoms with van der Waals surface area (Å²) in [6.45, 7) is 5.93. The maximum absolute atomic E-state index is 12.0. The molecule has 0 radical (unpaired) electrons. The van der Waals surface area contributed by atoms with Crippen molar-refractivity contribution in [1.82, 2.24) is 9.72 Å². The standard InChI is InChI=1S/C13H16N2O/c1-13(2,3)14-12(16)10-7-9-15-8-5-4-6-11(10)15/h4-9H,1-3H3,(H,14,16). The SMILES string of the molecule is CC(C)(C)NC(=O)c1ccn2ccccc12. The monoisotopic (exact) mass is 216 g/mol. The number of fused-ring (bicyclic) bond motifs is 1. The fraction of sp³-hybridized carbons (Fsp3) is 0.308. The van der Waals surface area contributed by atoms with Crippen molar-refractivity contribution in [3.63, 3.8) is 0 Å². The zero-order valence-corrected chi connectivity index (χ0v) is 9.82. The third-order valence-electron chi connectivity index (χ3n) is 2.30. The molecule has 0 aliphatic heterocycles. The van der Waals surface area contributed by atoms with Crippen LogP contribution in [0, 0.1) is 0 Å². The van der Waals surface area contributed by atoms with Crippen LogP contribution < -0.4 is 5.32 Å². The molecule has 3 heteroatoms. The van der Waals surface area contributed by atoms with Gasteiger partial charge in [-0.15, -0.1) is 0 Å². The van der Waals surface area contributed by atoms with Crippen LogP contribution in [0.2, 0.25) is 0 Å². The molecule has 16 heavy (non-hydrogen) atoms. The Bertz CT molecular complexity index is 520. The Labute approximate surface area is 95.1 Å². The Morgan fingerprint density at radius 3 is 2.62 bits per heavy atom. The van der Waals surface area contributed by atoms with Crippen LogP contribution in [0.5, 0.6) is 0 Å². The lowest BCUT2D eigenvalue weighted by Gasteiger charge is -2.20. The predicted octanol–water partition coefficient (Wildman–Crippen LogP) is 2.47. The predicted molar refractivity (Wildman–Crippen MR) is 64.6 cm³/mol. The van der Waals surface area contributed by atoms with Crippen molar-refractivity contribution < 1.29 is 4.79 Å². The van der Waals surface area contributed by atoms with E-state index in [4.69, 9.17) is 0 Å². The highest BCUT2D eigenvalue weighted by atomic mass is 16.1. The lowest BCUT2D eigenvalue weighted by Crippen LogP contribution is -2.40. The van der Waals surface area contributed by atoms with Crippen LogP contribution in [0.3, 0.4) is 0 Å². The summed E-state index contributed by atoms with van der Waals surface area (Å²) >= 11 is 0. The first-order valence-electron chi connectivity index (χ1n) is 5.35. The minimum atomic E-state index is -0.208. The second-order valence-electron chi connectivity index (χ2n) is 4.93. The number of carbonyl (C=O) groups is 1. The first-order valence-corrected chi connectivity index (χ1v) is 5.35. The van der Waals surface area contributed by atoms with E-state index in [2.05, 4.69) is 5.32 Å². The van der Waals surface area contributed by atoms with Crippen molar-refractivity contribution in [3.05, 3.63) is 42.2 Å². The number of rotatable bonds is 1. The zero-order valence-electron chi connectivity index (χ0n) is 9.82. The van der Waals surface area contributed by atoms with E-state index in [9.17, 15) is 4.79 Å². The van der Waals surface area contributed by atoms with E-state index in [-0.39, 0.29) is 11.4 Å². The van der Waals surface area contributed by atoms with Gasteiger partial charge in [-0.1, -0.05) is 6.07 Å². The van der Waals surface area contributed by atoms with Gasteiger partial charge in [0.25, 0.3) is 5.91 Å². The number of aromatic nitrogens is 1. The van der Waals surface area contributed by atoms with Gasteiger partial charge in [0.05, 0.1) is 11.1 Å². The van der Waals surface area contributed by atoms with Crippen LogP contribution in [0.25, 0.3) is 5.52 Å². The Hall–Kier alpha value is -1.77. The van der Waals surface area contributed by atoms with E-state index in [0.29, 0.717) is 0 Å². The van der Waals surface area contributed by atoms with E-state index < -0.39 is 0 Å². The lowest BCUT2D eigenvalue weighted by atomic mass is 10.1. The van der Waals surface area contributed by atoms with Gasteiger partial charge in [-0.2, -0.15) is 0 Å². The molecule has 0 aliphatic rings. The highest BCUT2D eigenvalue weighted by molar-refractivity contribution is 6.01. The van der Waals surface area contributed by atoms with E-state index in [1.807, 2.05) is 61.8 Å². The van der Waals surface area contributed by atoms with Gasteiger partial charge in [0.1, 0.15) is 0 Å². The largest absolute Gasteiger partial charge is 0.347 e. The molecular weight excluding hydrogens is 200 g/mol. The van der Waals surface area contributed by atoms with Gasteiger partial charge in [-0.05, 0) is 39.0 Å². The normalized spacial score (nSPS) is 11.7. The van der Waals surface area contributed by atoms with E-state index >= 15 is 0 Å². The average molecular weight is 216 g/mol. The van der Waals surface area contributed by atoms with Gasteiger partial charge < -0.3 is 9.72 Å². The van der Waals surface area contributed by atoms with Crippen molar-refractivity contribution in [3.8, 4) is 0 Å². The fourth-order valence-electron chi connectivity index (χ4n) is 1.65. The molecule has 2 aromatic heterocycles. The van der Waals surface area contributed by atoms with Crippen LogP contribution >= 0.6 is 0 Å². The minimum Gasteiger partial charge on any atom is -0.347 e. The van der Waals surface area contributed by atoms with Crippen molar-refractivity contribution in [2.24, 2.45) is 0 Å². The Morgan fingerprint density at radius 1 is 1.19 bits per heavy atom. The molecule has 0 aliphatic carbocycles. The summed E-state index contributed by atoms with van der Waals surface area (Å²) in [5.74, 6) is -0.0267. The van der Waals surface area contributed by atoms with E-state index in [0.717, 1.165) is 11.1 Å². The molecule has 1 amide bonds. The molecule has 2 heterocycles. The van der Waals surface area contributed by atoms with Gasteiger partial charge in [-0.3, -0.25) is 4.79 Å². The average Bonchev–Trinajstić information content (AvgIpc) is 2.58. The Kier molecular flexibility index (Phi) is 2.46. The van der Waals surface area contributed by atoms with Crippen LogP contribution in [0.4, 0.5) is 0 Å². The molecule has 0 unspecified atom stereocenters. The molecule has 2 aromatic rings. The number of hydrogen-bond acceptors (Lipinski definition) is 1. The molecule has 3 nitrogen and oxygen atoms in total. The summed E-state index contributed by atoms with van der Waals surface area (Å²) < 4.78 is 1.94. The van der Waals surface area contributed by atoms with Gasteiger partial charge >= 0.3 is 0 Å². The van der Waals surface area contributed by atoms with Crippen molar-refractivity contribution in [2.75, 3.05) is 0 Å². The zero-order chi connectivity index (χ0) is 11.8. The summed E-state index contributed by atoms with van der Waals surface area (Å²) in [7, 11) is 0. The highest BCUT2D eigenvalue weighted by Gasteiger charge is 2.17. The topological polar surface area (TPSA) is 33.5 Å². The molecule has 0 saturated carbocycles. The number of amides is 1. The summed E-state index contributed by atoms with van der Waals surface area (Å²) in [5.41, 5.74) is 1.44. The van der Waals surface area contributed by atoms with Gasteiger partial charge in [0.2, 0.25) is 0 Å². The van der Waals surface area contributed by atoms with E-state index in [1.165, 1.54) is 0 Å². The first-order chi connectivity index (χ1) is 7.47. The maximum Gasteiger partial charge on any atom is 0.253 e. The van der Waals surface area contributed by atoms with Gasteiger partial charge in [0.15, 0.2) is 0 Å². The molecule has 2 rings (SSSR count). The lowest BCUT2D eigenvalue weighted by molar-refractivity contribution is 0.0921. The Morgan fingerprint density at radius 2 is 1.94 bits per heavy atom. The fourth-order valence-corrected chi connectivity index (χ4v) is 1.65. The second-order valence-corrected chi connectivity index (χ2v) is 4.93. The quantitative estimate of drug-likeness (QED) is 0.780. The molecule has 0 saturated heterocycles. The number of nitrogens with one attached hydrogen (secondary N) is 1.